The van der Waals surface area contributed by atoms with Gasteiger partial charge < -0.3 is 14.8 Å². The van der Waals surface area contributed by atoms with Gasteiger partial charge in [0.2, 0.25) is 5.89 Å². The fourth-order valence-corrected chi connectivity index (χ4v) is 2.44. The second kappa shape index (κ2) is 6.74. The van der Waals surface area contributed by atoms with Crippen LogP contribution < -0.4 is 5.32 Å². The Balaban J connectivity index is 1.89. The number of hydrogen-bond donors (Lipinski definition) is 2. The van der Waals surface area contributed by atoms with E-state index in [4.69, 9.17) is 27.6 Å². The van der Waals surface area contributed by atoms with Gasteiger partial charge in [0.15, 0.2) is 5.69 Å². The van der Waals surface area contributed by atoms with Crippen molar-refractivity contribution < 1.29 is 18.7 Å². The maximum atomic E-state index is 13.7. The number of nitrogens with zero attached hydrogens (tertiary/aromatic N) is 1. The van der Waals surface area contributed by atoms with Crippen molar-refractivity contribution in [3.8, 4) is 17.2 Å². The number of aryl methyl sites for hydroxylation is 1. The van der Waals surface area contributed by atoms with Gasteiger partial charge in [0.1, 0.15) is 17.3 Å². The number of aromatic hydroxyl groups is 1. The molecule has 2 aromatic carbocycles. The lowest BCUT2D eigenvalue weighted by Gasteiger charge is -2.05. The summed E-state index contributed by atoms with van der Waals surface area (Å²) < 4.78 is 19.2. The highest BCUT2D eigenvalue weighted by atomic mass is 35.5. The quantitative estimate of drug-likeness (QED) is 0.623. The van der Waals surface area contributed by atoms with Crippen molar-refractivity contribution in [2.45, 2.75) is 6.92 Å². The van der Waals surface area contributed by atoms with Gasteiger partial charge in [-0.3, -0.25) is 4.79 Å². The van der Waals surface area contributed by atoms with E-state index in [2.05, 4.69) is 10.3 Å². The van der Waals surface area contributed by atoms with Gasteiger partial charge in [0.05, 0.1) is 15.7 Å². The lowest BCUT2D eigenvalue weighted by molar-refractivity contribution is 0.102. The van der Waals surface area contributed by atoms with Crippen LogP contribution in [0.2, 0.25) is 10.0 Å². The third-order valence-electron chi connectivity index (χ3n) is 3.38. The lowest BCUT2D eigenvalue weighted by atomic mass is 10.2. The third-order valence-corrected chi connectivity index (χ3v) is 4.12. The molecule has 25 heavy (non-hydrogen) atoms. The maximum absolute atomic E-state index is 13.7. The molecule has 0 bridgehead atoms. The first kappa shape index (κ1) is 17.3. The maximum Gasteiger partial charge on any atom is 0.278 e. The van der Waals surface area contributed by atoms with Gasteiger partial charge in [-0.2, -0.15) is 0 Å². The SMILES string of the molecule is Cc1oc(-c2ccc(Cl)c(Cl)c2)nc1C(=O)Nc1ccc(O)cc1F. The number of hydrogen-bond acceptors (Lipinski definition) is 4. The molecule has 5 nitrogen and oxygen atoms in total. The van der Waals surface area contributed by atoms with Gasteiger partial charge in [-0.05, 0) is 37.3 Å². The molecule has 0 fully saturated rings. The van der Waals surface area contributed by atoms with Crippen LogP contribution >= 0.6 is 23.2 Å². The minimum Gasteiger partial charge on any atom is -0.508 e. The zero-order valence-electron chi connectivity index (χ0n) is 12.8. The largest absolute Gasteiger partial charge is 0.508 e. The van der Waals surface area contributed by atoms with E-state index in [-0.39, 0.29) is 28.8 Å². The third kappa shape index (κ3) is 3.60. The van der Waals surface area contributed by atoms with Crippen LogP contribution in [0.1, 0.15) is 16.2 Å². The lowest BCUT2D eigenvalue weighted by Crippen LogP contribution is -2.14. The zero-order chi connectivity index (χ0) is 18.1. The molecule has 8 heteroatoms. The molecule has 0 radical (unpaired) electrons. The summed E-state index contributed by atoms with van der Waals surface area (Å²) in [5.74, 6) is -1.20. The smallest absolute Gasteiger partial charge is 0.278 e. The van der Waals surface area contributed by atoms with Gasteiger partial charge in [0.25, 0.3) is 5.91 Å². The fourth-order valence-electron chi connectivity index (χ4n) is 2.15. The first-order valence-electron chi connectivity index (χ1n) is 7.08. The van der Waals surface area contributed by atoms with E-state index >= 15 is 0 Å². The molecule has 1 amide bonds. The molecule has 0 atom stereocenters. The molecule has 2 N–H and O–H groups in total. The molecule has 0 spiro atoms. The molecule has 0 aliphatic carbocycles. The van der Waals surface area contributed by atoms with Gasteiger partial charge in [0, 0.05) is 11.6 Å². The number of nitrogens with one attached hydrogen (secondary N) is 1. The van der Waals surface area contributed by atoms with Crippen LogP contribution in [0.3, 0.4) is 0 Å². The Hall–Kier alpha value is -2.57. The normalized spacial score (nSPS) is 10.7. The number of halogens is 3. The molecular formula is C17H11Cl2FN2O3. The Morgan fingerprint density at radius 3 is 2.64 bits per heavy atom. The number of phenolic OH excluding ortho intramolecular Hbond substituents is 1. The Morgan fingerprint density at radius 2 is 1.96 bits per heavy atom. The average Bonchev–Trinajstić information content (AvgIpc) is 2.94. The Morgan fingerprint density at radius 1 is 1.20 bits per heavy atom. The standard InChI is InChI=1S/C17H11Cl2FN2O3/c1-8-15(16(24)21-14-5-3-10(23)7-13(14)20)22-17(25-8)9-2-4-11(18)12(19)6-9/h2-7,23H,1H3,(H,21,24). The van der Waals surface area contributed by atoms with Crippen LogP contribution in [0.5, 0.6) is 5.75 Å². The van der Waals surface area contributed by atoms with Crippen LogP contribution in [0.25, 0.3) is 11.5 Å². The van der Waals surface area contributed by atoms with Crippen LogP contribution in [-0.4, -0.2) is 16.0 Å². The summed E-state index contributed by atoms with van der Waals surface area (Å²) >= 11 is 11.8. The molecule has 3 rings (SSSR count). The molecule has 1 aromatic heterocycles. The van der Waals surface area contributed by atoms with Gasteiger partial charge in [-0.15, -0.1) is 0 Å². The number of carbonyl (C=O) groups excluding carboxylic acids is 1. The van der Waals surface area contributed by atoms with E-state index in [1.54, 1.807) is 25.1 Å². The van der Waals surface area contributed by atoms with Gasteiger partial charge in [-0.25, -0.2) is 9.37 Å². The highest BCUT2D eigenvalue weighted by Crippen LogP contribution is 2.29. The summed E-state index contributed by atoms with van der Waals surface area (Å²) in [7, 11) is 0. The van der Waals surface area contributed by atoms with E-state index in [1.165, 1.54) is 12.1 Å². The average molecular weight is 381 g/mol. The molecule has 3 aromatic rings. The minimum absolute atomic E-state index is 0.00791. The summed E-state index contributed by atoms with van der Waals surface area (Å²) in [5.41, 5.74) is 0.474. The molecule has 0 unspecified atom stereocenters. The summed E-state index contributed by atoms with van der Waals surface area (Å²) in [6, 6.07) is 8.21. The molecule has 1 heterocycles. The molecule has 0 saturated heterocycles. The molecule has 0 saturated carbocycles. The van der Waals surface area contributed by atoms with E-state index in [0.29, 0.717) is 15.6 Å². The number of oxazole rings is 1. The monoisotopic (exact) mass is 380 g/mol. The summed E-state index contributed by atoms with van der Waals surface area (Å²) in [4.78, 5) is 16.5. The van der Waals surface area contributed by atoms with Crippen molar-refractivity contribution in [2.75, 3.05) is 5.32 Å². The number of rotatable bonds is 3. The van der Waals surface area contributed by atoms with Gasteiger partial charge >= 0.3 is 0 Å². The summed E-state index contributed by atoms with van der Waals surface area (Å²) in [6.07, 6.45) is 0. The van der Waals surface area contributed by atoms with Crippen molar-refractivity contribution in [3.63, 3.8) is 0 Å². The Labute approximate surface area is 152 Å². The van der Waals surface area contributed by atoms with Crippen molar-refractivity contribution in [1.29, 1.82) is 0 Å². The molecule has 0 aliphatic rings. The topological polar surface area (TPSA) is 75.4 Å². The number of aromatic nitrogens is 1. The minimum atomic E-state index is -0.765. The van der Waals surface area contributed by atoms with Crippen LogP contribution in [0.4, 0.5) is 10.1 Å². The van der Waals surface area contributed by atoms with E-state index in [0.717, 1.165) is 6.07 Å². The highest BCUT2D eigenvalue weighted by molar-refractivity contribution is 6.42. The van der Waals surface area contributed by atoms with Crippen molar-refractivity contribution in [3.05, 3.63) is 63.7 Å². The van der Waals surface area contributed by atoms with Crippen LogP contribution in [-0.2, 0) is 0 Å². The van der Waals surface area contributed by atoms with Crippen molar-refractivity contribution >= 4 is 34.8 Å². The Kier molecular flexibility index (Phi) is 4.65. The summed E-state index contributed by atoms with van der Waals surface area (Å²) in [5, 5.41) is 12.3. The van der Waals surface area contributed by atoms with Crippen molar-refractivity contribution in [1.82, 2.24) is 4.98 Å². The first-order valence-corrected chi connectivity index (χ1v) is 7.83. The van der Waals surface area contributed by atoms with Gasteiger partial charge in [-0.1, -0.05) is 23.2 Å². The zero-order valence-corrected chi connectivity index (χ0v) is 14.3. The summed E-state index contributed by atoms with van der Waals surface area (Å²) in [6.45, 7) is 1.57. The molecular weight excluding hydrogens is 370 g/mol. The van der Waals surface area contributed by atoms with E-state index in [1.807, 2.05) is 0 Å². The van der Waals surface area contributed by atoms with E-state index < -0.39 is 11.7 Å². The number of anilines is 1. The fraction of sp³-hybridized carbons (Fsp3) is 0.0588. The predicted octanol–water partition coefficient (Wildman–Crippen LogP) is 5.05. The predicted molar refractivity (Wildman–Crippen MR) is 92.7 cm³/mol. The van der Waals surface area contributed by atoms with Crippen molar-refractivity contribution in [2.24, 2.45) is 0 Å². The second-order valence-electron chi connectivity index (χ2n) is 5.17. The van der Waals surface area contributed by atoms with E-state index in [9.17, 15) is 14.3 Å². The highest BCUT2D eigenvalue weighted by Gasteiger charge is 2.20. The number of benzene rings is 2. The number of amides is 1. The molecule has 128 valence electrons. The second-order valence-corrected chi connectivity index (χ2v) is 5.99. The number of phenols is 1. The number of carbonyl (C=O) groups is 1. The first-order chi connectivity index (χ1) is 11.8. The Bertz CT molecular complexity index is 973. The molecule has 0 aliphatic heterocycles. The van der Waals surface area contributed by atoms with Crippen LogP contribution in [0, 0.1) is 12.7 Å². The van der Waals surface area contributed by atoms with Crippen LogP contribution in [0.15, 0.2) is 40.8 Å².